The van der Waals surface area contributed by atoms with Gasteiger partial charge in [-0.25, -0.2) is 4.39 Å². The van der Waals surface area contributed by atoms with Crippen LogP contribution in [0.5, 0.6) is 5.75 Å². The molecular formula is C18H22FNO4. The molecule has 0 aliphatic rings. The third-order valence-corrected chi connectivity index (χ3v) is 3.41. The fourth-order valence-corrected chi connectivity index (χ4v) is 2.21. The van der Waals surface area contributed by atoms with Crippen LogP contribution in [0.2, 0.25) is 0 Å². The van der Waals surface area contributed by atoms with Crippen LogP contribution in [0.3, 0.4) is 0 Å². The van der Waals surface area contributed by atoms with Gasteiger partial charge in [-0.1, -0.05) is 0 Å². The van der Waals surface area contributed by atoms with Crippen molar-refractivity contribution in [2.45, 2.75) is 39.5 Å². The van der Waals surface area contributed by atoms with Crippen LogP contribution in [-0.2, 0) is 6.61 Å². The summed E-state index contributed by atoms with van der Waals surface area (Å²) in [7, 11) is 0. The first-order valence-electron chi connectivity index (χ1n) is 7.83. The zero-order chi connectivity index (χ0) is 17.7. The Morgan fingerprint density at radius 2 is 1.88 bits per heavy atom. The molecule has 1 atom stereocenters. The molecule has 2 aromatic rings. The van der Waals surface area contributed by atoms with Crippen molar-refractivity contribution >= 4 is 5.91 Å². The average molecular weight is 335 g/mol. The highest BCUT2D eigenvalue weighted by atomic mass is 19.1. The molecule has 0 fully saturated rings. The molecule has 0 radical (unpaired) electrons. The van der Waals surface area contributed by atoms with E-state index < -0.39 is 6.10 Å². The van der Waals surface area contributed by atoms with Gasteiger partial charge in [0.25, 0.3) is 5.91 Å². The first-order valence-corrected chi connectivity index (χ1v) is 7.83. The van der Waals surface area contributed by atoms with E-state index in [1.165, 1.54) is 24.3 Å². The summed E-state index contributed by atoms with van der Waals surface area (Å²) in [5, 5.41) is 9.53. The van der Waals surface area contributed by atoms with Crippen molar-refractivity contribution in [3.05, 3.63) is 53.7 Å². The Balaban J connectivity index is 2.00. The van der Waals surface area contributed by atoms with E-state index in [9.17, 15) is 14.3 Å². The van der Waals surface area contributed by atoms with Crippen LogP contribution in [0.15, 0.2) is 40.8 Å². The number of hydrogen-bond donors (Lipinski definition) is 1. The molecule has 130 valence electrons. The number of rotatable bonds is 7. The van der Waals surface area contributed by atoms with Crippen LogP contribution in [0.4, 0.5) is 4.39 Å². The summed E-state index contributed by atoms with van der Waals surface area (Å²) in [6, 6.07) is 8.85. The summed E-state index contributed by atoms with van der Waals surface area (Å²) in [6.45, 7) is 5.76. The molecule has 0 aliphatic heterocycles. The number of halogens is 1. The molecule has 0 spiro atoms. The Hall–Kier alpha value is -2.34. The van der Waals surface area contributed by atoms with E-state index in [-0.39, 0.29) is 36.7 Å². The molecule has 0 saturated heterocycles. The fourth-order valence-electron chi connectivity index (χ4n) is 2.21. The van der Waals surface area contributed by atoms with E-state index >= 15 is 0 Å². The Morgan fingerprint density at radius 3 is 2.46 bits per heavy atom. The average Bonchev–Trinajstić information content (AvgIpc) is 3.00. The third kappa shape index (κ3) is 4.83. The Bertz CT molecular complexity index is 664. The normalized spacial score (nSPS) is 12.2. The second kappa shape index (κ2) is 7.97. The lowest BCUT2D eigenvalue weighted by atomic mass is 10.2. The largest absolute Gasteiger partial charge is 0.486 e. The van der Waals surface area contributed by atoms with Crippen LogP contribution in [-0.4, -0.2) is 34.6 Å². The highest BCUT2D eigenvalue weighted by Crippen LogP contribution is 2.17. The molecule has 1 unspecified atom stereocenters. The smallest absolute Gasteiger partial charge is 0.289 e. The molecule has 1 aromatic carbocycles. The summed E-state index contributed by atoms with van der Waals surface area (Å²) < 4.78 is 23.9. The van der Waals surface area contributed by atoms with E-state index in [1.807, 2.05) is 13.8 Å². The van der Waals surface area contributed by atoms with Gasteiger partial charge in [0.15, 0.2) is 5.76 Å². The summed E-state index contributed by atoms with van der Waals surface area (Å²) in [4.78, 5) is 14.0. The predicted molar refractivity (Wildman–Crippen MR) is 87.3 cm³/mol. The van der Waals surface area contributed by atoms with Crippen molar-refractivity contribution in [2.24, 2.45) is 0 Å². The molecule has 0 saturated carbocycles. The van der Waals surface area contributed by atoms with E-state index in [0.29, 0.717) is 11.5 Å². The molecule has 5 nitrogen and oxygen atoms in total. The van der Waals surface area contributed by atoms with Crippen LogP contribution in [0.25, 0.3) is 0 Å². The van der Waals surface area contributed by atoms with Gasteiger partial charge in [-0.15, -0.1) is 0 Å². The zero-order valence-electron chi connectivity index (χ0n) is 14.0. The molecule has 0 aliphatic carbocycles. The fraction of sp³-hybridized carbons (Fsp3) is 0.389. The molecular weight excluding hydrogens is 313 g/mol. The molecule has 0 bridgehead atoms. The number of aliphatic hydroxyl groups is 1. The van der Waals surface area contributed by atoms with Crippen molar-refractivity contribution in [3.63, 3.8) is 0 Å². The number of ether oxygens (including phenoxy) is 1. The van der Waals surface area contributed by atoms with Gasteiger partial charge in [-0.2, -0.15) is 0 Å². The first-order chi connectivity index (χ1) is 11.4. The summed E-state index contributed by atoms with van der Waals surface area (Å²) in [5.41, 5.74) is 0. The molecule has 6 heteroatoms. The van der Waals surface area contributed by atoms with Crippen molar-refractivity contribution < 1.29 is 23.4 Å². The standard InChI is InChI=1S/C18H22FNO4/c1-12(2)20(10-13(3)21)18(22)17-9-8-16(24-17)11-23-15-6-4-14(19)5-7-15/h4-9,12-13,21H,10-11H2,1-3H3. The SMILES string of the molecule is CC(O)CN(C(=O)c1ccc(COc2ccc(F)cc2)o1)C(C)C. The van der Waals surface area contributed by atoms with Gasteiger partial charge in [0.05, 0.1) is 6.10 Å². The minimum Gasteiger partial charge on any atom is -0.486 e. The maximum absolute atomic E-state index is 12.8. The van der Waals surface area contributed by atoms with E-state index in [1.54, 1.807) is 24.0 Å². The second-order valence-corrected chi connectivity index (χ2v) is 5.91. The molecule has 1 amide bonds. The predicted octanol–water partition coefficient (Wildman–Crippen LogP) is 3.23. The Labute approximate surface area is 140 Å². The van der Waals surface area contributed by atoms with Crippen LogP contribution >= 0.6 is 0 Å². The minimum absolute atomic E-state index is 0.0592. The molecule has 1 N–H and O–H groups in total. The van der Waals surface area contributed by atoms with E-state index in [4.69, 9.17) is 9.15 Å². The number of carbonyl (C=O) groups excluding carboxylic acids is 1. The van der Waals surface area contributed by atoms with Crippen LogP contribution < -0.4 is 4.74 Å². The topological polar surface area (TPSA) is 62.9 Å². The van der Waals surface area contributed by atoms with E-state index in [2.05, 4.69) is 0 Å². The number of amides is 1. The maximum Gasteiger partial charge on any atom is 0.289 e. The number of furan rings is 1. The lowest BCUT2D eigenvalue weighted by Gasteiger charge is -2.27. The molecule has 1 heterocycles. The van der Waals surface area contributed by atoms with Crippen molar-refractivity contribution in [1.29, 1.82) is 0 Å². The highest BCUT2D eigenvalue weighted by Gasteiger charge is 2.23. The zero-order valence-corrected chi connectivity index (χ0v) is 14.0. The number of benzene rings is 1. The third-order valence-electron chi connectivity index (χ3n) is 3.41. The monoisotopic (exact) mass is 335 g/mol. The van der Waals surface area contributed by atoms with Gasteiger partial charge in [0.2, 0.25) is 0 Å². The van der Waals surface area contributed by atoms with Gasteiger partial charge >= 0.3 is 0 Å². The van der Waals surface area contributed by atoms with E-state index in [0.717, 1.165) is 0 Å². The number of aliphatic hydroxyl groups excluding tert-OH is 1. The Kier molecular flexibility index (Phi) is 5.98. The highest BCUT2D eigenvalue weighted by molar-refractivity contribution is 5.91. The Morgan fingerprint density at radius 1 is 1.21 bits per heavy atom. The van der Waals surface area contributed by atoms with Gasteiger partial charge in [-0.3, -0.25) is 4.79 Å². The van der Waals surface area contributed by atoms with Crippen LogP contribution in [0, 0.1) is 5.82 Å². The summed E-state index contributed by atoms with van der Waals surface area (Å²) in [6.07, 6.45) is -0.618. The lowest BCUT2D eigenvalue weighted by molar-refractivity contribution is 0.0545. The van der Waals surface area contributed by atoms with Crippen LogP contribution in [0.1, 0.15) is 37.1 Å². The molecule has 1 aromatic heterocycles. The second-order valence-electron chi connectivity index (χ2n) is 5.91. The van der Waals surface area contributed by atoms with Gasteiger partial charge in [0, 0.05) is 12.6 Å². The van der Waals surface area contributed by atoms with Gasteiger partial charge in [-0.05, 0) is 57.2 Å². The lowest BCUT2D eigenvalue weighted by Crippen LogP contribution is -2.41. The van der Waals surface area contributed by atoms with Crippen molar-refractivity contribution in [2.75, 3.05) is 6.54 Å². The number of nitrogens with zero attached hydrogens (tertiary/aromatic N) is 1. The molecule has 24 heavy (non-hydrogen) atoms. The van der Waals surface area contributed by atoms with Crippen molar-refractivity contribution in [3.8, 4) is 5.75 Å². The maximum atomic E-state index is 12.8. The minimum atomic E-state index is -0.618. The number of hydrogen-bond acceptors (Lipinski definition) is 4. The first kappa shape index (κ1) is 18.0. The summed E-state index contributed by atoms with van der Waals surface area (Å²) >= 11 is 0. The number of carbonyl (C=O) groups is 1. The summed E-state index contributed by atoms with van der Waals surface area (Å²) in [5.74, 6) is 0.586. The molecule has 2 rings (SSSR count). The van der Waals surface area contributed by atoms with Gasteiger partial charge < -0.3 is 19.2 Å². The van der Waals surface area contributed by atoms with Gasteiger partial charge in [0.1, 0.15) is 23.9 Å². The quantitative estimate of drug-likeness (QED) is 0.844. The van der Waals surface area contributed by atoms with Crippen molar-refractivity contribution in [1.82, 2.24) is 4.90 Å².